The molecule has 3 rings (SSSR count). The van der Waals surface area contributed by atoms with Crippen molar-refractivity contribution in [3.63, 3.8) is 0 Å². The minimum absolute atomic E-state index is 0.0316. The summed E-state index contributed by atoms with van der Waals surface area (Å²) in [7, 11) is 1.70. The molecular weight excluding hydrogens is 405 g/mol. The molecule has 0 N–H and O–H groups in total. The molecule has 0 aliphatic heterocycles. The van der Waals surface area contributed by atoms with E-state index < -0.39 is 0 Å². The second-order valence-corrected chi connectivity index (χ2v) is 9.95. The number of rotatable bonds is 4. The van der Waals surface area contributed by atoms with Crippen molar-refractivity contribution in [3.8, 4) is 11.4 Å². The highest BCUT2D eigenvalue weighted by atomic mass is 35.5. The van der Waals surface area contributed by atoms with Crippen LogP contribution in [0.4, 0.5) is 0 Å². The zero-order chi connectivity index (χ0) is 21.6. The average molecular weight is 434 g/mol. The highest BCUT2D eigenvalue weighted by molar-refractivity contribution is 6.19. The number of nitrogens with zero attached hydrogens (tertiary/aromatic N) is 3. The lowest BCUT2D eigenvalue weighted by atomic mass is 9.79. The Kier molecular flexibility index (Phi) is 5.90. The lowest BCUT2D eigenvalue weighted by molar-refractivity contribution is 0.392. The Morgan fingerprint density at radius 3 is 1.76 bits per heavy atom. The largest absolute Gasteiger partial charge is 0.494 e. The van der Waals surface area contributed by atoms with Gasteiger partial charge in [-0.15, -0.1) is 38.2 Å². The molecule has 1 aromatic heterocycles. The molecule has 0 radical (unpaired) electrons. The molecule has 6 heteroatoms. The number of ether oxygens (including phenoxy) is 1. The summed E-state index contributed by atoms with van der Waals surface area (Å²) in [5.74, 6) is 1.51. The summed E-state index contributed by atoms with van der Waals surface area (Å²) in [6, 6.07) is 8.29. The van der Waals surface area contributed by atoms with Crippen LogP contribution in [0.15, 0.2) is 24.3 Å². The van der Waals surface area contributed by atoms with Crippen LogP contribution in [0.1, 0.15) is 63.8 Å². The van der Waals surface area contributed by atoms with E-state index in [1.807, 2.05) is 12.1 Å². The molecule has 0 unspecified atom stereocenters. The van der Waals surface area contributed by atoms with E-state index in [0.717, 1.165) is 39.2 Å². The number of alkyl halides is 2. The topological polar surface area (TPSA) is 39.9 Å². The van der Waals surface area contributed by atoms with Crippen LogP contribution in [0.5, 0.6) is 5.75 Å². The van der Waals surface area contributed by atoms with Gasteiger partial charge >= 0.3 is 0 Å². The summed E-state index contributed by atoms with van der Waals surface area (Å²) < 4.78 is 5.88. The van der Waals surface area contributed by atoms with E-state index in [1.54, 1.807) is 11.9 Å². The lowest BCUT2D eigenvalue weighted by Gasteiger charge is -2.28. The normalized spacial score (nSPS) is 12.6. The van der Waals surface area contributed by atoms with Crippen LogP contribution in [0, 0.1) is 0 Å². The first-order valence-corrected chi connectivity index (χ1v) is 10.8. The van der Waals surface area contributed by atoms with Crippen LogP contribution in [-0.4, -0.2) is 22.1 Å². The Balaban J connectivity index is 2.38. The Hall–Kier alpha value is -1.78. The van der Waals surface area contributed by atoms with Crippen LogP contribution in [-0.2, 0) is 22.6 Å². The third kappa shape index (κ3) is 4.10. The third-order valence-corrected chi connectivity index (χ3v) is 5.73. The molecule has 0 aliphatic carbocycles. The van der Waals surface area contributed by atoms with E-state index >= 15 is 0 Å². The van der Waals surface area contributed by atoms with Crippen molar-refractivity contribution in [1.29, 1.82) is 0 Å². The fourth-order valence-electron chi connectivity index (χ4n) is 3.39. The summed E-state index contributed by atoms with van der Waals surface area (Å²) >= 11 is 12.3. The number of aromatic nitrogens is 3. The fraction of sp³-hybridized carbons (Fsp3) is 0.478. The molecule has 4 nitrogen and oxygen atoms in total. The lowest BCUT2D eigenvalue weighted by Crippen LogP contribution is -2.19. The monoisotopic (exact) mass is 433 g/mol. The van der Waals surface area contributed by atoms with Crippen LogP contribution in [0.25, 0.3) is 16.7 Å². The van der Waals surface area contributed by atoms with Crippen molar-refractivity contribution >= 4 is 34.2 Å². The van der Waals surface area contributed by atoms with Gasteiger partial charge in [0.05, 0.1) is 7.11 Å². The molecule has 0 aliphatic rings. The fourth-order valence-corrected chi connectivity index (χ4v) is 3.82. The predicted molar refractivity (Wildman–Crippen MR) is 122 cm³/mol. The Morgan fingerprint density at radius 1 is 0.862 bits per heavy atom. The smallest absolute Gasteiger partial charge is 0.150 e. The van der Waals surface area contributed by atoms with Gasteiger partial charge in [-0.25, -0.2) is 0 Å². The van der Waals surface area contributed by atoms with Crippen molar-refractivity contribution in [2.75, 3.05) is 7.11 Å². The highest BCUT2D eigenvalue weighted by Crippen LogP contribution is 2.40. The van der Waals surface area contributed by atoms with Gasteiger partial charge < -0.3 is 4.74 Å². The van der Waals surface area contributed by atoms with E-state index in [-0.39, 0.29) is 10.8 Å². The molecule has 156 valence electrons. The highest BCUT2D eigenvalue weighted by Gasteiger charge is 2.27. The maximum absolute atomic E-state index is 6.15. The number of fused-ring (bicyclic) bond motifs is 1. The first-order chi connectivity index (χ1) is 13.5. The van der Waals surface area contributed by atoms with Gasteiger partial charge in [-0.1, -0.05) is 59.7 Å². The van der Waals surface area contributed by atoms with Gasteiger partial charge in [-0.3, -0.25) is 0 Å². The summed E-state index contributed by atoms with van der Waals surface area (Å²) in [5, 5.41) is 9.60. The van der Waals surface area contributed by atoms with Crippen LogP contribution in [0.3, 0.4) is 0 Å². The number of hydrogen-bond acceptors (Lipinski definition) is 3. The van der Waals surface area contributed by atoms with Crippen molar-refractivity contribution in [3.05, 3.63) is 46.5 Å². The van der Waals surface area contributed by atoms with Crippen molar-refractivity contribution in [2.24, 2.45) is 0 Å². The van der Waals surface area contributed by atoms with Gasteiger partial charge in [0.25, 0.3) is 0 Å². The molecule has 1 heterocycles. The van der Waals surface area contributed by atoms with Gasteiger partial charge in [0.2, 0.25) is 0 Å². The molecule has 0 amide bonds. The van der Waals surface area contributed by atoms with Gasteiger partial charge in [0.1, 0.15) is 22.5 Å². The van der Waals surface area contributed by atoms with Crippen LogP contribution < -0.4 is 4.74 Å². The molecule has 0 spiro atoms. The first kappa shape index (κ1) is 21.9. The zero-order valence-corrected chi connectivity index (χ0v) is 19.7. The zero-order valence-electron chi connectivity index (χ0n) is 18.2. The molecule has 0 fully saturated rings. The summed E-state index contributed by atoms with van der Waals surface area (Å²) in [6.45, 7) is 13.2. The van der Waals surface area contributed by atoms with E-state index in [9.17, 15) is 0 Å². The Bertz CT molecular complexity index is 1000. The maximum Gasteiger partial charge on any atom is 0.150 e. The predicted octanol–water partition coefficient (Wildman–Crippen LogP) is 6.50. The number of hydrogen-bond donors (Lipinski definition) is 0. The van der Waals surface area contributed by atoms with Gasteiger partial charge in [0, 0.05) is 17.3 Å². The average Bonchev–Trinajstić information content (AvgIpc) is 3.09. The minimum Gasteiger partial charge on any atom is -0.494 e. The molecule has 3 aromatic rings. The first-order valence-electron chi connectivity index (χ1n) is 9.74. The molecule has 0 atom stereocenters. The van der Waals surface area contributed by atoms with Crippen LogP contribution >= 0.6 is 23.2 Å². The molecule has 0 bridgehead atoms. The Labute approximate surface area is 183 Å². The van der Waals surface area contributed by atoms with Gasteiger partial charge in [-0.05, 0) is 33.6 Å². The number of benzene rings is 2. The summed E-state index contributed by atoms with van der Waals surface area (Å²) in [4.78, 5) is 1.67. The summed E-state index contributed by atoms with van der Waals surface area (Å²) in [5.41, 5.74) is 6.44. The quantitative estimate of drug-likeness (QED) is 0.440. The molecular formula is C23H29Cl2N3O. The third-order valence-electron chi connectivity index (χ3n) is 5.16. The molecule has 2 aromatic carbocycles. The summed E-state index contributed by atoms with van der Waals surface area (Å²) in [6.07, 6.45) is 0. The van der Waals surface area contributed by atoms with Gasteiger partial charge in [-0.2, -0.15) is 0 Å². The van der Waals surface area contributed by atoms with E-state index in [1.165, 1.54) is 5.56 Å². The van der Waals surface area contributed by atoms with Crippen molar-refractivity contribution < 1.29 is 4.74 Å². The minimum atomic E-state index is -0.101. The Morgan fingerprint density at radius 2 is 1.38 bits per heavy atom. The second kappa shape index (κ2) is 7.81. The molecule has 29 heavy (non-hydrogen) atoms. The van der Waals surface area contributed by atoms with Crippen LogP contribution in [0.2, 0.25) is 0 Å². The van der Waals surface area contributed by atoms with Crippen molar-refractivity contribution in [2.45, 2.75) is 64.1 Å². The van der Waals surface area contributed by atoms with Gasteiger partial charge in [0.15, 0.2) is 0 Å². The molecule has 0 saturated carbocycles. The van der Waals surface area contributed by atoms with E-state index in [2.05, 4.69) is 53.7 Å². The standard InChI is InChI=1S/C23H29Cl2N3O/c1-22(2,3)16-10-17(23(4,5)6)21(29-7)18(11-16)28-26-19-14(12-24)8-9-15(13-25)20(19)27-28/h8-11H,12-13H2,1-7H3. The molecule has 0 saturated heterocycles. The maximum atomic E-state index is 6.15. The number of methoxy groups -OCH3 is 1. The van der Waals surface area contributed by atoms with E-state index in [0.29, 0.717) is 11.8 Å². The SMILES string of the molecule is COc1c(-n2nc3c(CCl)ccc(CCl)c3n2)cc(C(C)(C)C)cc1C(C)(C)C. The number of halogens is 2. The van der Waals surface area contributed by atoms with Crippen molar-refractivity contribution in [1.82, 2.24) is 15.0 Å². The van der Waals surface area contributed by atoms with E-state index in [4.69, 9.17) is 38.1 Å². The second-order valence-electron chi connectivity index (χ2n) is 9.41.